The highest BCUT2D eigenvalue weighted by molar-refractivity contribution is 5.30. The average molecular weight is 784 g/mol. The van der Waals surface area contributed by atoms with Gasteiger partial charge in [0.1, 0.15) is 0 Å². The van der Waals surface area contributed by atoms with Crippen molar-refractivity contribution >= 4 is 0 Å². The molecule has 306 valence electrons. The minimum Gasteiger partial charge on any atom is -0.456 e. The Morgan fingerprint density at radius 2 is 1.04 bits per heavy atom. The Labute approximate surface area is 310 Å². The lowest BCUT2D eigenvalue weighted by Gasteiger charge is -2.57. The van der Waals surface area contributed by atoms with Gasteiger partial charge in [0.2, 0.25) is 35.7 Å². The van der Waals surface area contributed by atoms with Gasteiger partial charge in [0.15, 0.2) is 11.2 Å². The number of nitrogens with zero attached hydrogens (tertiary/aromatic N) is 1. The zero-order chi connectivity index (χ0) is 38.5. The predicted octanol–water partition coefficient (Wildman–Crippen LogP) is 7.08. The first kappa shape index (κ1) is 39.1. The van der Waals surface area contributed by atoms with Crippen molar-refractivity contribution in [3.63, 3.8) is 0 Å². The summed E-state index contributed by atoms with van der Waals surface area (Å²) in [7, 11) is 1.77. The lowest BCUT2D eigenvalue weighted by atomic mass is 9.59. The fourth-order valence-electron chi connectivity index (χ4n) is 10.7. The van der Waals surface area contributed by atoms with E-state index in [0.717, 1.165) is 0 Å². The van der Waals surface area contributed by atoms with Crippen LogP contribution in [0.2, 0.25) is 0 Å². The molecule has 17 heteroatoms. The van der Waals surface area contributed by atoms with E-state index in [-0.39, 0.29) is 61.2 Å². The third-order valence-electron chi connectivity index (χ3n) is 13.6. The summed E-state index contributed by atoms with van der Waals surface area (Å²) in [4.78, 5) is 25.3. The van der Waals surface area contributed by atoms with Crippen LogP contribution in [0.3, 0.4) is 0 Å². The standard InChI is InChI=1S/C37H51F6NO10/c1-20-6-8-26-22(28(36(38,39)40)47-30-34(26)24(20)10-12-32(3,49-30)51-53-34)18-45-16-14-44(5)15-17-46-19-23-27-9-7-21(2)25-11-13-33(4)50-31(35(25,27)54-52-33)48-29(23)37(41,42)43/h20-21,24-27,30-31H,6-19H2,1-5H3/t20-,21-,24?,25?,26+,27+,30-,31-,32-,33+,34-,35-/m1/s1. The van der Waals surface area contributed by atoms with Crippen LogP contribution in [0.5, 0.6) is 0 Å². The smallest absolute Gasteiger partial charge is 0.449 e. The van der Waals surface area contributed by atoms with Gasteiger partial charge in [0, 0.05) is 60.7 Å². The van der Waals surface area contributed by atoms with E-state index in [4.69, 9.17) is 48.0 Å². The van der Waals surface area contributed by atoms with Gasteiger partial charge in [-0.05, 0) is 71.3 Å². The van der Waals surface area contributed by atoms with Gasteiger partial charge in [-0.3, -0.25) is 0 Å². The van der Waals surface area contributed by atoms with E-state index in [1.54, 1.807) is 20.9 Å². The zero-order valence-corrected chi connectivity index (χ0v) is 31.3. The van der Waals surface area contributed by atoms with E-state index in [2.05, 4.69) is 13.8 Å². The molecule has 0 N–H and O–H groups in total. The van der Waals surface area contributed by atoms with Gasteiger partial charge >= 0.3 is 12.4 Å². The van der Waals surface area contributed by atoms with Crippen molar-refractivity contribution in [2.75, 3.05) is 46.6 Å². The number of allylic oxidation sites excluding steroid dienone is 2. The number of ether oxygens (including phenoxy) is 6. The lowest BCUT2D eigenvalue weighted by molar-refractivity contribution is -0.558. The average Bonchev–Trinajstić information content (AvgIpc) is 3.47. The number of alkyl halides is 6. The molecule has 8 fully saturated rings. The first-order valence-corrected chi connectivity index (χ1v) is 19.3. The fraction of sp³-hybridized carbons (Fsp3) is 0.892. The largest absolute Gasteiger partial charge is 0.456 e. The molecule has 12 atom stereocenters. The molecular formula is C37H51F6NO10. The fourth-order valence-corrected chi connectivity index (χ4v) is 10.7. The molecule has 2 saturated carbocycles. The Hall–Kier alpha value is -1.70. The number of hydrogen-bond donors (Lipinski definition) is 0. The zero-order valence-electron chi connectivity index (χ0n) is 31.3. The van der Waals surface area contributed by atoms with Crippen molar-refractivity contribution in [2.45, 2.75) is 127 Å². The summed E-state index contributed by atoms with van der Waals surface area (Å²) < 4.78 is 122. The Morgan fingerprint density at radius 1 is 0.630 bits per heavy atom. The first-order valence-electron chi connectivity index (χ1n) is 19.3. The topological polar surface area (TPSA) is 95.5 Å². The van der Waals surface area contributed by atoms with Gasteiger partial charge in [-0.2, -0.15) is 26.3 Å². The molecule has 11 nitrogen and oxygen atoms in total. The molecule has 0 aromatic heterocycles. The summed E-state index contributed by atoms with van der Waals surface area (Å²) in [5, 5.41) is 0. The van der Waals surface area contributed by atoms with Crippen molar-refractivity contribution < 1.29 is 74.3 Å². The second-order valence-electron chi connectivity index (χ2n) is 17.1. The lowest BCUT2D eigenvalue weighted by Crippen LogP contribution is -2.67. The molecule has 0 radical (unpaired) electrons. The van der Waals surface area contributed by atoms with Crippen LogP contribution in [0.25, 0.3) is 0 Å². The van der Waals surface area contributed by atoms with Crippen LogP contribution in [0, 0.1) is 35.5 Å². The molecule has 10 rings (SSSR count). The first-order chi connectivity index (χ1) is 25.4. The van der Waals surface area contributed by atoms with E-state index in [0.29, 0.717) is 64.5 Å². The maximum Gasteiger partial charge on any atom is 0.449 e. The molecule has 4 bridgehead atoms. The third-order valence-corrected chi connectivity index (χ3v) is 13.6. The van der Waals surface area contributed by atoms with Gasteiger partial charge < -0.3 is 33.3 Å². The van der Waals surface area contributed by atoms with Gasteiger partial charge in [-0.25, -0.2) is 19.6 Å². The molecule has 2 aliphatic carbocycles. The molecule has 8 aliphatic heterocycles. The van der Waals surface area contributed by atoms with Crippen molar-refractivity contribution in [2.24, 2.45) is 35.5 Å². The van der Waals surface area contributed by atoms with Crippen molar-refractivity contribution in [1.29, 1.82) is 0 Å². The summed E-state index contributed by atoms with van der Waals surface area (Å²) in [6.45, 7) is 7.62. The number of hydrogen-bond acceptors (Lipinski definition) is 11. The quantitative estimate of drug-likeness (QED) is 0.129. The predicted molar refractivity (Wildman–Crippen MR) is 173 cm³/mol. The molecule has 2 unspecified atom stereocenters. The number of likely N-dealkylation sites (N-methyl/N-ethyl adjacent to an activating group) is 1. The Balaban J connectivity index is 0.894. The van der Waals surface area contributed by atoms with Crippen LogP contribution >= 0.6 is 0 Å². The molecule has 8 heterocycles. The maximum absolute atomic E-state index is 14.5. The van der Waals surface area contributed by atoms with E-state index in [1.807, 2.05) is 4.90 Å². The Bertz CT molecular complexity index is 1400. The molecule has 6 saturated heterocycles. The molecule has 10 aliphatic rings. The van der Waals surface area contributed by atoms with Crippen LogP contribution in [0.4, 0.5) is 26.3 Å². The molecular weight excluding hydrogens is 732 g/mol. The highest BCUT2D eigenvalue weighted by Crippen LogP contribution is 2.63. The summed E-state index contributed by atoms with van der Waals surface area (Å²) in [5.41, 5.74) is -2.48. The van der Waals surface area contributed by atoms with Crippen LogP contribution in [0.1, 0.15) is 79.1 Å². The van der Waals surface area contributed by atoms with Crippen LogP contribution in [-0.2, 0) is 48.0 Å². The normalized spacial score (nSPS) is 44.4. The molecule has 54 heavy (non-hydrogen) atoms. The minimum atomic E-state index is -4.77. The van der Waals surface area contributed by atoms with E-state index in [9.17, 15) is 26.3 Å². The minimum absolute atomic E-state index is 0.0140. The van der Waals surface area contributed by atoms with Crippen LogP contribution < -0.4 is 0 Å². The number of rotatable bonds is 10. The number of halogens is 6. The van der Waals surface area contributed by atoms with Crippen LogP contribution in [0.15, 0.2) is 22.7 Å². The third kappa shape index (κ3) is 6.39. The monoisotopic (exact) mass is 783 g/mol. The Kier molecular flexibility index (Phi) is 9.94. The van der Waals surface area contributed by atoms with Gasteiger partial charge in [-0.1, -0.05) is 13.8 Å². The summed E-state index contributed by atoms with van der Waals surface area (Å²) in [5.74, 6) is -5.90. The second kappa shape index (κ2) is 13.7. The second-order valence-corrected chi connectivity index (χ2v) is 17.1. The van der Waals surface area contributed by atoms with E-state index in [1.165, 1.54) is 0 Å². The van der Waals surface area contributed by atoms with E-state index < -0.39 is 71.1 Å². The van der Waals surface area contributed by atoms with Gasteiger partial charge in [0.05, 0.1) is 26.4 Å². The highest BCUT2D eigenvalue weighted by atomic mass is 19.4. The van der Waals surface area contributed by atoms with Gasteiger partial charge in [-0.15, -0.1) is 0 Å². The summed E-state index contributed by atoms with van der Waals surface area (Å²) in [6, 6.07) is 0. The van der Waals surface area contributed by atoms with Crippen LogP contribution in [-0.4, -0.2) is 99.2 Å². The maximum atomic E-state index is 14.5. The molecule has 0 amide bonds. The number of fused-ring (bicyclic) bond motifs is 4. The van der Waals surface area contributed by atoms with Gasteiger partial charge in [0.25, 0.3) is 0 Å². The molecule has 0 aromatic carbocycles. The van der Waals surface area contributed by atoms with Crippen molar-refractivity contribution in [1.82, 2.24) is 4.90 Å². The molecule has 2 spiro atoms. The highest BCUT2D eigenvalue weighted by Gasteiger charge is 2.72. The van der Waals surface area contributed by atoms with Crippen molar-refractivity contribution in [3.05, 3.63) is 22.7 Å². The summed E-state index contributed by atoms with van der Waals surface area (Å²) in [6.07, 6.45) is -7.53. The summed E-state index contributed by atoms with van der Waals surface area (Å²) >= 11 is 0. The SMILES string of the molecule is C[C@@H]1CC[C@H]2C(COCCN(C)CCOCC3=C(C(F)(F)F)O[C@@H]4O[C@]5(C)CCC6[C@H](C)CC[C@@H]3[C@]64OO5)=C(C(F)(F)F)O[C@@H]3O[C@@]4(C)CCC1[C@]32OO4. The molecule has 0 aromatic rings. The van der Waals surface area contributed by atoms with Crippen molar-refractivity contribution in [3.8, 4) is 0 Å². The Morgan fingerprint density at radius 3 is 1.43 bits per heavy atom. The van der Waals surface area contributed by atoms with E-state index >= 15 is 0 Å².